The van der Waals surface area contributed by atoms with Gasteiger partial charge in [-0.3, -0.25) is 4.79 Å². The van der Waals surface area contributed by atoms with Crippen LogP contribution in [0.2, 0.25) is 0 Å². The van der Waals surface area contributed by atoms with E-state index in [1.807, 2.05) is 6.92 Å². The molecule has 0 spiro atoms. The van der Waals surface area contributed by atoms with E-state index >= 15 is 0 Å². The summed E-state index contributed by atoms with van der Waals surface area (Å²) in [5.41, 5.74) is 1.23. The first-order chi connectivity index (χ1) is 4.83. The molecule has 0 aromatic heterocycles. The molecule has 0 heterocycles. The number of rotatable bonds is 3. The van der Waals surface area contributed by atoms with Crippen molar-refractivity contribution in [1.29, 1.82) is 0 Å². The normalized spacial score (nSPS) is 15.5. The SMILES string of the molecule is CCOC(=O)CC1=CCC1. The summed E-state index contributed by atoms with van der Waals surface area (Å²) in [6, 6.07) is 0. The van der Waals surface area contributed by atoms with E-state index in [0.717, 1.165) is 12.8 Å². The lowest BCUT2D eigenvalue weighted by molar-refractivity contribution is -0.142. The first-order valence-corrected chi connectivity index (χ1v) is 3.66. The minimum Gasteiger partial charge on any atom is -0.466 e. The molecule has 2 nitrogen and oxygen atoms in total. The number of hydrogen-bond acceptors (Lipinski definition) is 2. The number of ether oxygens (including phenoxy) is 1. The zero-order valence-electron chi connectivity index (χ0n) is 6.22. The topological polar surface area (TPSA) is 26.3 Å². The number of hydrogen-bond donors (Lipinski definition) is 0. The molecule has 56 valence electrons. The Balaban J connectivity index is 2.17. The van der Waals surface area contributed by atoms with Crippen molar-refractivity contribution >= 4 is 5.97 Å². The molecule has 0 unspecified atom stereocenters. The molecule has 0 N–H and O–H groups in total. The van der Waals surface area contributed by atoms with Gasteiger partial charge in [-0.05, 0) is 19.8 Å². The van der Waals surface area contributed by atoms with Crippen molar-refractivity contribution in [2.45, 2.75) is 26.2 Å². The number of esters is 1. The van der Waals surface area contributed by atoms with E-state index in [1.165, 1.54) is 5.57 Å². The van der Waals surface area contributed by atoms with Crippen LogP contribution in [0.15, 0.2) is 11.6 Å². The van der Waals surface area contributed by atoms with E-state index in [4.69, 9.17) is 4.74 Å². The minimum absolute atomic E-state index is 0.0894. The maximum absolute atomic E-state index is 10.8. The van der Waals surface area contributed by atoms with Gasteiger partial charge in [-0.2, -0.15) is 0 Å². The number of allylic oxidation sites excluding steroid dienone is 1. The Bertz CT molecular complexity index is 159. The fourth-order valence-electron chi connectivity index (χ4n) is 0.906. The summed E-state index contributed by atoms with van der Waals surface area (Å²) >= 11 is 0. The smallest absolute Gasteiger partial charge is 0.309 e. The van der Waals surface area contributed by atoms with Crippen LogP contribution in [-0.2, 0) is 9.53 Å². The Kier molecular flexibility index (Phi) is 2.49. The first kappa shape index (κ1) is 7.32. The van der Waals surface area contributed by atoms with Gasteiger partial charge in [-0.25, -0.2) is 0 Å². The lowest BCUT2D eigenvalue weighted by atomic mass is 9.96. The summed E-state index contributed by atoms with van der Waals surface area (Å²) in [6.07, 6.45) is 4.82. The fourth-order valence-corrected chi connectivity index (χ4v) is 0.906. The molecular weight excluding hydrogens is 128 g/mol. The Morgan fingerprint density at radius 2 is 2.50 bits per heavy atom. The van der Waals surface area contributed by atoms with Gasteiger partial charge in [0.2, 0.25) is 0 Å². The minimum atomic E-state index is -0.0894. The average Bonchev–Trinajstić information content (AvgIpc) is 1.80. The highest BCUT2D eigenvalue weighted by Gasteiger charge is 2.10. The van der Waals surface area contributed by atoms with Gasteiger partial charge in [0, 0.05) is 0 Å². The molecule has 0 amide bonds. The van der Waals surface area contributed by atoms with Gasteiger partial charge in [0.05, 0.1) is 13.0 Å². The maximum atomic E-state index is 10.8. The number of carbonyl (C=O) groups excluding carboxylic acids is 1. The molecule has 1 aliphatic carbocycles. The Labute approximate surface area is 60.9 Å². The second kappa shape index (κ2) is 3.40. The van der Waals surface area contributed by atoms with E-state index in [-0.39, 0.29) is 5.97 Å². The van der Waals surface area contributed by atoms with Crippen LogP contribution < -0.4 is 0 Å². The molecule has 0 fully saturated rings. The van der Waals surface area contributed by atoms with Gasteiger partial charge in [0.1, 0.15) is 0 Å². The van der Waals surface area contributed by atoms with Crippen LogP contribution in [0.25, 0.3) is 0 Å². The largest absolute Gasteiger partial charge is 0.466 e. The molecule has 1 aliphatic rings. The van der Waals surface area contributed by atoms with E-state index < -0.39 is 0 Å². The molecule has 0 aromatic carbocycles. The summed E-state index contributed by atoms with van der Waals surface area (Å²) in [5, 5.41) is 0. The zero-order chi connectivity index (χ0) is 7.40. The van der Waals surface area contributed by atoms with E-state index in [1.54, 1.807) is 0 Å². The predicted molar refractivity (Wildman–Crippen MR) is 38.6 cm³/mol. The van der Waals surface area contributed by atoms with E-state index in [0.29, 0.717) is 13.0 Å². The summed E-state index contributed by atoms with van der Waals surface area (Å²) < 4.78 is 4.77. The highest BCUT2D eigenvalue weighted by molar-refractivity contribution is 5.72. The quantitative estimate of drug-likeness (QED) is 0.440. The summed E-state index contributed by atoms with van der Waals surface area (Å²) in [6.45, 7) is 2.32. The first-order valence-electron chi connectivity index (χ1n) is 3.66. The maximum Gasteiger partial charge on any atom is 0.309 e. The lowest BCUT2D eigenvalue weighted by Crippen LogP contribution is -2.07. The molecule has 0 saturated carbocycles. The van der Waals surface area contributed by atoms with Crippen molar-refractivity contribution in [2.75, 3.05) is 6.61 Å². The van der Waals surface area contributed by atoms with Crippen molar-refractivity contribution in [3.05, 3.63) is 11.6 Å². The Morgan fingerprint density at radius 3 is 2.90 bits per heavy atom. The Hall–Kier alpha value is -0.790. The summed E-state index contributed by atoms with van der Waals surface area (Å²) in [5.74, 6) is -0.0894. The zero-order valence-corrected chi connectivity index (χ0v) is 6.22. The standard InChI is InChI=1S/C8H12O2/c1-2-10-8(9)6-7-4-3-5-7/h4H,2-3,5-6H2,1H3. The molecule has 0 aromatic rings. The third kappa shape index (κ3) is 1.87. The second-order valence-corrected chi connectivity index (χ2v) is 2.38. The lowest BCUT2D eigenvalue weighted by Gasteiger charge is -2.12. The monoisotopic (exact) mass is 140 g/mol. The predicted octanol–water partition coefficient (Wildman–Crippen LogP) is 1.66. The second-order valence-electron chi connectivity index (χ2n) is 2.38. The van der Waals surface area contributed by atoms with Gasteiger partial charge in [0.25, 0.3) is 0 Å². The van der Waals surface area contributed by atoms with Gasteiger partial charge in [0.15, 0.2) is 0 Å². The fraction of sp³-hybridized carbons (Fsp3) is 0.625. The van der Waals surface area contributed by atoms with Gasteiger partial charge < -0.3 is 4.74 Å². The van der Waals surface area contributed by atoms with Crippen LogP contribution in [0.5, 0.6) is 0 Å². The van der Waals surface area contributed by atoms with E-state index in [9.17, 15) is 4.79 Å². The van der Waals surface area contributed by atoms with Crippen LogP contribution in [0.3, 0.4) is 0 Å². The molecular formula is C8H12O2. The van der Waals surface area contributed by atoms with Crippen molar-refractivity contribution in [2.24, 2.45) is 0 Å². The molecule has 2 heteroatoms. The van der Waals surface area contributed by atoms with Crippen LogP contribution in [0.1, 0.15) is 26.2 Å². The van der Waals surface area contributed by atoms with Crippen molar-refractivity contribution in [1.82, 2.24) is 0 Å². The molecule has 0 radical (unpaired) electrons. The highest BCUT2D eigenvalue weighted by Crippen LogP contribution is 2.21. The van der Waals surface area contributed by atoms with Crippen LogP contribution in [0, 0.1) is 0 Å². The Morgan fingerprint density at radius 1 is 1.80 bits per heavy atom. The van der Waals surface area contributed by atoms with Crippen LogP contribution in [-0.4, -0.2) is 12.6 Å². The third-order valence-electron chi connectivity index (χ3n) is 1.58. The molecule has 10 heavy (non-hydrogen) atoms. The van der Waals surface area contributed by atoms with Crippen LogP contribution in [0.4, 0.5) is 0 Å². The van der Waals surface area contributed by atoms with Gasteiger partial charge in [-0.15, -0.1) is 0 Å². The molecule has 0 atom stereocenters. The molecule has 0 aliphatic heterocycles. The molecule has 0 saturated heterocycles. The highest BCUT2D eigenvalue weighted by atomic mass is 16.5. The summed E-state index contributed by atoms with van der Waals surface area (Å²) in [7, 11) is 0. The molecule has 0 bridgehead atoms. The van der Waals surface area contributed by atoms with Crippen molar-refractivity contribution < 1.29 is 9.53 Å². The molecule has 1 rings (SSSR count). The van der Waals surface area contributed by atoms with Crippen molar-refractivity contribution in [3.63, 3.8) is 0 Å². The summed E-state index contributed by atoms with van der Waals surface area (Å²) in [4.78, 5) is 10.8. The van der Waals surface area contributed by atoms with Crippen molar-refractivity contribution in [3.8, 4) is 0 Å². The third-order valence-corrected chi connectivity index (χ3v) is 1.58. The van der Waals surface area contributed by atoms with Crippen LogP contribution >= 0.6 is 0 Å². The van der Waals surface area contributed by atoms with Gasteiger partial charge in [-0.1, -0.05) is 11.6 Å². The van der Waals surface area contributed by atoms with Gasteiger partial charge >= 0.3 is 5.97 Å². The number of carbonyl (C=O) groups is 1. The average molecular weight is 140 g/mol. The van der Waals surface area contributed by atoms with E-state index in [2.05, 4.69) is 6.08 Å².